The van der Waals surface area contributed by atoms with Gasteiger partial charge in [0, 0.05) is 10.6 Å². The molecule has 128 heavy (non-hydrogen) atoms. The maximum atomic E-state index is 11.5. The smallest absolute Gasteiger partial charge is 0.147 e. The van der Waals surface area contributed by atoms with Crippen molar-refractivity contribution in [2.24, 2.45) is 0 Å². The fourth-order valence-electron chi connectivity index (χ4n) is 15.2. The molecule has 0 aliphatic heterocycles. The number of benzene rings is 12. The number of hydrogen-bond donors (Lipinski definition) is 7. The molecule has 0 saturated carbocycles. The summed E-state index contributed by atoms with van der Waals surface area (Å²) in [5.41, 5.74) is 27.3. The number of likely N-dealkylation sites (N-methyl/N-ethyl adjacent to an activating group) is 6. The van der Waals surface area contributed by atoms with E-state index >= 15 is 0 Å². The van der Waals surface area contributed by atoms with E-state index in [1.807, 2.05) is 121 Å². The number of nitrogens with one attached hydrogen (secondary N) is 6. The number of ether oxygens (including phenoxy) is 2. The van der Waals surface area contributed by atoms with Gasteiger partial charge in [0.25, 0.3) is 0 Å². The predicted octanol–water partition coefficient (Wildman–Crippen LogP) is 21.1. The molecular formula is C112H133ClN6O9. The molecule has 672 valence electrons. The number of ketones is 6. The summed E-state index contributed by atoms with van der Waals surface area (Å²) in [6.07, 6.45) is 7.17. The van der Waals surface area contributed by atoms with E-state index in [0.29, 0.717) is 25.0 Å². The minimum Gasteiger partial charge on any atom is -0.508 e. The molecule has 15 nitrogen and oxygen atoms in total. The summed E-state index contributed by atoms with van der Waals surface area (Å²) in [6, 6.07) is 92.2. The standard InChI is InChI=1S/C20H25NO2.2C19H23NO2.C19H23NO.C18H21NO.C17H18ClNO/c1-5-16-13-18(23-4)10-11-19(16)17-8-6-15(7-9-17)12-20(21-3)14(2)22;1-13-11-17(22-4)9-10-18(13)16-7-5-15(6-8-16)12-19(20-3)14(2)21;1-4-15-12-17(22)9-10-18(15)16-7-5-14(6-8-16)11-19(20-3)13(2)21;1-4-16-7-5-6-8-18(16)17-11-9-15(10-12-17)13-19(20-3)14(2)21;1-13-5-4-6-17(11-13)16-9-7-15(8-10-16)12-18(19-3)14(2)20;1-12(20)17(19-2)11-13-7-9-14(10-8-13)15-5-3-4-6-16(15)18/h6-11,13,20-21H,5,12H2,1-4H3;5-11,19-20H,12H2,1-4H3;5-10,12,19-20,22H,4,11H2,1-3H3;5-12,19-20H,4,13H2,1-3H3;4-11,18-19H,12H2,1-3H3;3-10,17,19H,11H2,1-2H3/t20-;3*19-;18-;17-/m000000/s1. The summed E-state index contributed by atoms with van der Waals surface area (Å²) >= 11 is 6.19. The highest BCUT2D eigenvalue weighted by Gasteiger charge is 2.20. The van der Waals surface area contributed by atoms with Crippen LogP contribution >= 0.6 is 11.6 Å². The molecule has 6 atom stereocenters. The van der Waals surface area contributed by atoms with Crippen LogP contribution in [-0.2, 0) is 86.6 Å². The average Bonchev–Trinajstić information content (AvgIpc) is 0.828. The van der Waals surface area contributed by atoms with Crippen molar-refractivity contribution < 1.29 is 43.3 Å². The zero-order valence-electron chi connectivity index (χ0n) is 78.4. The third kappa shape index (κ3) is 32.1. The number of carbonyl (C=O) groups excluding carboxylic acids is 6. The van der Waals surface area contributed by atoms with Crippen LogP contribution in [0.1, 0.15) is 124 Å². The molecule has 0 unspecified atom stereocenters. The Kier molecular flexibility index (Phi) is 43.3. The van der Waals surface area contributed by atoms with Crippen molar-refractivity contribution in [1.82, 2.24) is 31.9 Å². The molecule has 0 aliphatic rings. The van der Waals surface area contributed by atoms with Crippen molar-refractivity contribution in [3.8, 4) is 84.0 Å². The Hall–Kier alpha value is -11.9. The number of rotatable bonds is 35. The van der Waals surface area contributed by atoms with Crippen LogP contribution in [0.2, 0.25) is 5.02 Å². The molecule has 12 rings (SSSR count). The normalized spacial score (nSPS) is 12.1. The van der Waals surface area contributed by atoms with Crippen LogP contribution in [-0.4, -0.2) is 133 Å². The van der Waals surface area contributed by atoms with E-state index in [0.717, 1.165) is 105 Å². The molecule has 7 N–H and O–H groups in total. The summed E-state index contributed by atoms with van der Waals surface area (Å²) < 4.78 is 10.6. The van der Waals surface area contributed by atoms with E-state index in [9.17, 15) is 33.9 Å². The van der Waals surface area contributed by atoms with Gasteiger partial charge in [0.05, 0.1) is 50.5 Å². The highest BCUT2D eigenvalue weighted by atomic mass is 35.5. The number of hydrogen-bond acceptors (Lipinski definition) is 15. The molecule has 0 spiro atoms. The topological polar surface area (TPSA) is 213 Å². The van der Waals surface area contributed by atoms with Gasteiger partial charge < -0.3 is 46.5 Å². The summed E-state index contributed by atoms with van der Waals surface area (Å²) in [5.74, 6) is 3.05. The summed E-state index contributed by atoms with van der Waals surface area (Å²) in [4.78, 5) is 68.9. The average molecular weight is 1740 g/mol. The number of aromatic hydroxyl groups is 1. The maximum absolute atomic E-state index is 11.5. The second kappa shape index (κ2) is 53.7. The lowest BCUT2D eigenvalue weighted by atomic mass is 9.95. The molecule has 16 heteroatoms. The van der Waals surface area contributed by atoms with E-state index in [2.05, 4.69) is 255 Å². The minimum atomic E-state index is -0.134. The highest BCUT2D eigenvalue weighted by Crippen LogP contribution is 2.34. The Bertz CT molecular complexity index is 5500. The first-order valence-corrected chi connectivity index (χ1v) is 44.6. The Labute approximate surface area is 766 Å². The molecule has 0 aliphatic carbocycles. The first-order chi connectivity index (χ1) is 61.5. The Balaban J connectivity index is 0.000000211. The third-order valence-corrected chi connectivity index (χ3v) is 23.5. The van der Waals surface area contributed by atoms with Gasteiger partial charge in [0.2, 0.25) is 0 Å². The fraction of sp³-hybridized carbons (Fsp3) is 0.304. The predicted molar refractivity (Wildman–Crippen MR) is 532 cm³/mol. The van der Waals surface area contributed by atoms with Crippen LogP contribution in [0.3, 0.4) is 0 Å². The number of Topliss-reactive ketones (excluding diaryl/α,β-unsaturated/α-hetero) is 6. The first kappa shape index (κ1) is 103. The fourth-order valence-corrected chi connectivity index (χ4v) is 15.4. The summed E-state index contributed by atoms with van der Waals surface area (Å²) in [5, 5.41) is 28.7. The molecule has 12 aromatic rings. The molecule has 0 bridgehead atoms. The van der Waals surface area contributed by atoms with Gasteiger partial charge in [-0.15, -0.1) is 0 Å². The van der Waals surface area contributed by atoms with Gasteiger partial charge in [-0.25, -0.2) is 0 Å². The van der Waals surface area contributed by atoms with Gasteiger partial charge >= 0.3 is 0 Å². The Morgan fingerprint density at radius 2 is 0.570 bits per heavy atom. The molecule has 12 aromatic carbocycles. The Morgan fingerprint density at radius 1 is 0.289 bits per heavy atom. The van der Waals surface area contributed by atoms with Gasteiger partial charge in [-0.1, -0.05) is 268 Å². The van der Waals surface area contributed by atoms with Crippen LogP contribution in [0, 0.1) is 13.8 Å². The minimum absolute atomic E-state index is 0.0974. The van der Waals surface area contributed by atoms with Crippen molar-refractivity contribution in [1.29, 1.82) is 0 Å². The van der Waals surface area contributed by atoms with Gasteiger partial charge in [-0.3, -0.25) is 28.8 Å². The number of methoxy groups -OCH3 is 2. The van der Waals surface area contributed by atoms with Crippen LogP contribution < -0.4 is 41.4 Å². The van der Waals surface area contributed by atoms with Crippen molar-refractivity contribution in [3.05, 3.63) is 339 Å². The molecule has 0 fully saturated rings. The largest absolute Gasteiger partial charge is 0.508 e. The molecule has 0 radical (unpaired) electrons. The third-order valence-electron chi connectivity index (χ3n) is 23.2. The van der Waals surface area contributed by atoms with Gasteiger partial charge in [0.15, 0.2) is 0 Å². The van der Waals surface area contributed by atoms with Crippen molar-refractivity contribution in [3.63, 3.8) is 0 Å². The lowest BCUT2D eigenvalue weighted by Crippen LogP contribution is -2.34. The van der Waals surface area contributed by atoms with Gasteiger partial charge in [-0.05, 0) is 315 Å². The van der Waals surface area contributed by atoms with Crippen LogP contribution in [0.25, 0.3) is 66.8 Å². The van der Waals surface area contributed by atoms with E-state index < -0.39 is 0 Å². The monoisotopic (exact) mass is 1740 g/mol. The van der Waals surface area contributed by atoms with Gasteiger partial charge in [-0.2, -0.15) is 0 Å². The number of aryl methyl sites for hydroxylation is 5. The lowest BCUT2D eigenvalue weighted by Gasteiger charge is -2.14. The van der Waals surface area contributed by atoms with Crippen molar-refractivity contribution in [2.45, 2.75) is 170 Å². The molecule has 0 aromatic heterocycles. The summed E-state index contributed by atoms with van der Waals surface area (Å²) in [6.45, 7) is 20.3. The number of phenols is 1. The van der Waals surface area contributed by atoms with Crippen molar-refractivity contribution >= 4 is 46.3 Å². The lowest BCUT2D eigenvalue weighted by molar-refractivity contribution is -0.119. The number of halogens is 1. The van der Waals surface area contributed by atoms with E-state index in [4.69, 9.17) is 21.1 Å². The Morgan fingerprint density at radius 3 is 0.883 bits per heavy atom. The van der Waals surface area contributed by atoms with Crippen LogP contribution in [0.15, 0.2) is 273 Å². The van der Waals surface area contributed by atoms with Crippen LogP contribution in [0.4, 0.5) is 0 Å². The molecule has 0 amide bonds. The molecular weight excluding hydrogens is 1610 g/mol. The van der Waals surface area contributed by atoms with Crippen molar-refractivity contribution in [2.75, 3.05) is 56.5 Å². The second-order valence-corrected chi connectivity index (χ2v) is 32.6. The number of phenolic OH excluding ortho intramolecular Hbond substituents is 1. The highest BCUT2D eigenvalue weighted by molar-refractivity contribution is 6.33. The summed E-state index contributed by atoms with van der Waals surface area (Å²) in [7, 11) is 14.3. The molecule has 0 heterocycles. The van der Waals surface area contributed by atoms with Gasteiger partial charge in [0.1, 0.15) is 51.9 Å². The zero-order chi connectivity index (χ0) is 93.4. The van der Waals surface area contributed by atoms with E-state index in [1.54, 1.807) is 61.8 Å². The molecule has 0 saturated heterocycles. The first-order valence-electron chi connectivity index (χ1n) is 44.2. The number of carbonyl (C=O) groups is 6. The zero-order valence-corrected chi connectivity index (χ0v) is 79.2. The van der Waals surface area contributed by atoms with E-state index in [-0.39, 0.29) is 71.0 Å². The van der Waals surface area contributed by atoms with E-state index in [1.165, 1.54) is 77.9 Å². The quantitative estimate of drug-likeness (QED) is 0.0197. The SMILES string of the molecule is CCc1cc(O)ccc1-c1ccc(C[C@H](NC)C(C)=O)cc1.CCc1cc(OC)ccc1-c1ccc(C[C@H](NC)C(C)=O)cc1.CCc1ccccc1-c1ccc(C[C@H](NC)C(C)=O)cc1.CN[C@@H](Cc1ccc(-c2ccc(OC)cc2C)cc1)C(C)=O.CN[C@@H](Cc1ccc(-c2cccc(C)c2)cc1)C(C)=O.CN[C@@H](Cc1ccc(-c2ccccc2Cl)cc1)C(C)=O. The van der Waals surface area contributed by atoms with Crippen LogP contribution in [0.5, 0.6) is 17.2 Å². The maximum Gasteiger partial charge on any atom is 0.147 e. The second-order valence-electron chi connectivity index (χ2n) is 32.2.